The Hall–Kier alpha value is -4.28. The second-order valence-corrected chi connectivity index (χ2v) is 16.1. The van der Waals surface area contributed by atoms with Gasteiger partial charge >= 0.3 is 0 Å². The van der Waals surface area contributed by atoms with Crippen molar-refractivity contribution in [3.05, 3.63) is 153 Å². The third kappa shape index (κ3) is 5.39. The quantitative estimate of drug-likeness (QED) is 0.128. The van der Waals surface area contributed by atoms with E-state index >= 15 is 0 Å². The molecule has 50 heavy (non-hydrogen) atoms. The van der Waals surface area contributed by atoms with E-state index in [1.165, 1.54) is 78.5 Å². The van der Waals surface area contributed by atoms with Gasteiger partial charge in [0.25, 0.3) is 0 Å². The average molecular weight is 677 g/mol. The predicted molar refractivity (Wildman–Crippen MR) is 210 cm³/mol. The van der Waals surface area contributed by atoms with Crippen molar-refractivity contribution in [1.29, 1.82) is 0 Å². The van der Waals surface area contributed by atoms with Gasteiger partial charge in [-0.15, -0.1) is 17.9 Å². The van der Waals surface area contributed by atoms with E-state index in [1.807, 2.05) is 17.4 Å². The molecule has 1 aromatic carbocycles. The molecule has 0 saturated carbocycles. The highest BCUT2D eigenvalue weighted by molar-refractivity contribution is 7.19. The first kappa shape index (κ1) is 31.7. The van der Waals surface area contributed by atoms with Crippen molar-refractivity contribution in [3.8, 4) is 0 Å². The van der Waals surface area contributed by atoms with Gasteiger partial charge in [0, 0.05) is 61.3 Å². The van der Waals surface area contributed by atoms with Gasteiger partial charge < -0.3 is 14.2 Å². The van der Waals surface area contributed by atoms with E-state index in [1.54, 1.807) is 0 Å². The number of hydrogen-bond donors (Lipinski definition) is 0. The molecule has 0 bridgehead atoms. The Labute approximate surface area is 301 Å². The number of furan rings is 1. The fourth-order valence-corrected chi connectivity index (χ4v) is 10.4. The highest BCUT2D eigenvalue weighted by Gasteiger charge is 2.46. The molecule has 4 atom stereocenters. The van der Waals surface area contributed by atoms with Crippen LogP contribution >= 0.6 is 11.3 Å². The van der Waals surface area contributed by atoms with E-state index in [-0.39, 0.29) is 6.17 Å². The summed E-state index contributed by atoms with van der Waals surface area (Å²) in [5, 5.41) is 1.44. The van der Waals surface area contributed by atoms with Crippen molar-refractivity contribution >= 4 is 33.6 Å². The SMILES string of the molecule is C=CCCCC/C=C\C(=C(/C)N1C2=C(C=CCC2)N2Cc3sc4ccc(C5C=Cc6oc7c(c6C5)C=CC(C)C7)cc4c3C21)C1C=CC=CC1. The largest absolute Gasteiger partial charge is 0.461 e. The molecule has 9 rings (SSSR count). The molecule has 4 aliphatic carbocycles. The first-order valence-corrected chi connectivity index (χ1v) is 19.7. The van der Waals surface area contributed by atoms with Gasteiger partial charge in [0.1, 0.15) is 17.7 Å². The summed E-state index contributed by atoms with van der Waals surface area (Å²) in [4.78, 5) is 6.98. The summed E-state index contributed by atoms with van der Waals surface area (Å²) in [6, 6.07) is 7.34. The average Bonchev–Trinajstić information content (AvgIpc) is 3.87. The fourth-order valence-electron chi connectivity index (χ4n) is 9.18. The van der Waals surface area contributed by atoms with E-state index in [0.29, 0.717) is 17.8 Å². The van der Waals surface area contributed by atoms with Crippen LogP contribution in [-0.2, 0) is 19.4 Å². The topological polar surface area (TPSA) is 19.6 Å². The Kier molecular flexibility index (Phi) is 8.31. The molecule has 3 aromatic rings. The number of hydrogen-bond acceptors (Lipinski definition) is 4. The van der Waals surface area contributed by atoms with Crippen LogP contribution in [0.2, 0.25) is 0 Å². The number of thiophene rings is 1. The fraction of sp³-hybridized carbons (Fsp3) is 0.348. The highest BCUT2D eigenvalue weighted by atomic mass is 32.1. The Bertz CT molecular complexity index is 2100. The summed E-state index contributed by atoms with van der Waals surface area (Å²) in [6.45, 7) is 9.57. The minimum absolute atomic E-state index is 0.197. The maximum atomic E-state index is 6.36. The molecule has 3 nitrogen and oxygen atoms in total. The van der Waals surface area contributed by atoms with Crippen LogP contribution in [0.25, 0.3) is 22.2 Å². The second-order valence-electron chi connectivity index (χ2n) is 15.0. The summed E-state index contributed by atoms with van der Waals surface area (Å²) >= 11 is 2.01. The number of benzene rings is 1. The summed E-state index contributed by atoms with van der Waals surface area (Å²) in [5.41, 5.74) is 11.4. The van der Waals surface area contributed by atoms with Crippen LogP contribution in [0.3, 0.4) is 0 Å². The third-order valence-corrected chi connectivity index (χ3v) is 12.9. The predicted octanol–water partition coefficient (Wildman–Crippen LogP) is 12.5. The van der Waals surface area contributed by atoms with Gasteiger partial charge in [-0.25, -0.2) is 0 Å². The van der Waals surface area contributed by atoms with Gasteiger partial charge in [-0.3, -0.25) is 0 Å². The molecule has 0 radical (unpaired) electrons. The van der Waals surface area contributed by atoms with Gasteiger partial charge in [0.05, 0.1) is 12.2 Å². The summed E-state index contributed by atoms with van der Waals surface area (Å²) in [7, 11) is 0. The van der Waals surface area contributed by atoms with Crippen LogP contribution in [0, 0.1) is 11.8 Å². The lowest BCUT2D eigenvalue weighted by Gasteiger charge is -2.34. The van der Waals surface area contributed by atoms with Crippen molar-refractivity contribution in [1.82, 2.24) is 9.80 Å². The maximum absolute atomic E-state index is 6.36. The molecule has 4 unspecified atom stereocenters. The molecule has 254 valence electrons. The first-order chi connectivity index (χ1) is 24.6. The summed E-state index contributed by atoms with van der Waals surface area (Å²) < 4.78 is 7.78. The number of rotatable bonds is 9. The molecular weight excluding hydrogens is 629 g/mol. The number of nitrogens with zero attached hydrogens (tertiary/aromatic N) is 2. The maximum Gasteiger partial charge on any atom is 0.134 e. The van der Waals surface area contributed by atoms with Gasteiger partial charge in [-0.2, -0.15) is 0 Å². The van der Waals surface area contributed by atoms with E-state index in [4.69, 9.17) is 4.42 Å². The standard InChI is InChI=1S/C46H48N2OS/c1-4-5-6-7-8-12-17-35(32-15-10-9-11-16-32)31(3)48-40-19-14-13-18-39(40)47-29-44-45(46(47)48)38-28-34(22-25-43(38)50-44)33-21-24-41-37(27-33)36-23-20-30(2)26-42(36)49-41/h4,9-13,15,17-18,20-25,28,30,32-33,46H,1,5-8,14,16,19,26-27,29H2,2-3H3/b17-12-,35-31-. The van der Waals surface area contributed by atoms with Crippen molar-refractivity contribution in [2.75, 3.05) is 0 Å². The van der Waals surface area contributed by atoms with E-state index in [9.17, 15) is 0 Å². The van der Waals surface area contributed by atoms with E-state index in [2.05, 4.69) is 121 Å². The zero-order valence-electron chi connectivity index (χ0n) is 29.5. The molecule has 6 aliphatic rings. The molecule has 0 spiro atoms. The molecule has 2 aromatic heterocycles. The normalized spacial score (nSPS) is 25.0. The lowest BCUT2D eigenvalue weighted by Crippen LogP contribution is -2.28. The van der Waals surface area contributed by atoms with Crippen LogP contribution in [0.4, 0.5) is 0 Å². The molecule has 4 heterocycles. The molecule has 0 fully saturated rings. The molecule has 0 saturated heterocycles. The zero-order chi connectivity index (χ0) is 33.8. The van der Waals surface area contributed by atoms with Crippen molar-refractivity contribution < 1.29 is 4.42 Å². The third-order valence-electron chi connectivity index (χ3n) is 11.7. The van der Waals surface area contributed by atoms with Crippen LogP contribution in [0.15, 0.2) is 119 Å². The zero-order valence-corrected chi connectivity index (χ0v) is 30.4. The summed E-state index contributed by atoms with van der Waals surface area (Å²) in [5.74, 6) is 3.51. The van der Waals surface area contributed by atoms with Crippen LogP contribution in [0.5, 0.6) is 0 Å². The van der Waals surface area contributed by atoms with E-state index < -0.39 is 0 Å². The monoisotopic (exact) mass is 676 g/mol. The summed E-state index contributed by atoms with van der Waals surface area (Å²) in [6.07, 6.45) is 40.3. The number of allylic oxidation sites excluding steroid dienone is 14. The Morgan fingerprint density at radius 3 is 2.84 bits per heavy atom. The van der Waals surface area contributed by atoms with Crippen molar-refractivity contribution in [2.45, 2.75) is 90.3 Å². The van der Waals surface area contributed by atoms with Crippen molar-refractivity contribution in [3.63, 3.8) is 0 Å². The molecule has 2 aliphatic heterocycles. The van der Waals surface area contributed by atoms with Crippen molar-refractivity contribution in [2.24, 2.45) is 11.8 Å². The van der Waals surface area contributed by atoms with Crippen LogP contribution < -0.4 is 0 Å². The highest BCUT2D eigenvalue weighted by Crippen LogP contribution is 2.55. The lowest BCUT2D eigenvalue weighted by atomic mass is 9.84. The molecule has 4 heteroatoms. The van der Waals surface area contributed by atoms with Gasteiger partial charge in [-0.1, -0.05) is 79.8 Å². The Balaban J connectivity index is 1.09. The molecule has 0 amide bonds. The molecule has 0 N–H and O–H groups in total. The van der Waals surface area contributed by atoms with Crippen LogP contribution in [0.1, 0.15) is 110 Å². The Morgan fingerprint density at radius 2 is 1.96 bits per heavy atom. The van der Waals surface area contributed by atoms with Gasteiger partial charge in [0.2, 0.25) is 0 Å². The second kappa shape index (κ2) is 13.1. The first-order valence-electron chi connectivity index (χ1n) is 18.9. The minimum atomic E-state index is 0.197. The smallest absolute Gasteiger partial charge is 0.134 e. The Morgan fingerprint density at radius 1 is 1.04 bits per heavy atom. The van der Waals surface area contributed by atoms with Gasteiger partial charge in [-0.05, 0) is 99.6 Å². The van der Waals surface area contributed by atoms with Crippen LogP contribution in [-0.4, -0.2) is 9.80 Å². The lowest BCUT2D eigenvalue weighted by molar-refractivity contribution is 0.188. The number of fused-ring (bicyclic) bond motifs is 9. The number of unbranched alkanes of at least 4 members (excludes halogenated alkanes) is 3. The molecular formula is C46H48N2OS. The van der Waals surface area contributed by atoms with Gasteiger partial charge in [0.15, 0.2) is 0 Å². The minimum Gasteiger partial charge on any atom is -0.461 e. The van der Waals surface area contributed by atoms with E-state index in [0.717, 1.165) is 57.3 Å².